The SMILES string of the molecule is Cc1ccccc1C(=O)Nc1ccc(C(=O)N2CCCC(OP(C)C)c3cc(Cl)ccc32)c(C)c1. The summed E-state index contributed by atoms with van der Waals surface area (Å²) in [5.41, 5.74) is 5.40. The first-order valence-corrected chi connectivity index (χ1v) is 14.2. The van der Waals surface area contributed by atoms with Crippen LogP contribution in [-0.2, 0) is 4.52 Å². The number of anilines is 2. The Kier molecular flexibility index (Phi) is 7.91. The molecular formula is C28H30ClN2O3P. The summed E-state index contributed by atoms with van der Waals surface area (Å²) < 4.78 is 6.24. The second-order valence-electron chi connectivity index (χ2n) is 9.01. The molecule has 0 bridgehead atoms. The lowest BCUT2D eigenvalue weighted by Gasteiger charge is -2.26. The van der Waals surface area contributed by atoms with E-state index in [1.807, 2.05) is 61.2 Å². The maximum absolute atomic E-state index is 13.7. The molecule has 2 amide bonds. The monoisotopic (exact) mass is 508 g/mol. The highest BCUT2D eigenvalue weighted by molar-refractivity contribution is 7.50. The minimum atomic E-state index is -0.559. The molecule has 0 aliphatic carbocycles. The number of benzene rings is 3. The van der Waals surface area contributed by atoms with Gasteiger partial charge in [-0.25, -0.2) is 0 Å². The minimum absolute atomic E-state index is 0.0706. The molecular weight excluding hydrogens is 479 g/mol. The van der Waals surface area contributed by atoms with Crippen LogP contribution in [0.1, 0.15) is 56.4 Å². The van der Waals surface area contributed by atoms with Crippen molar-refractivity contribution in [3.05, 3.63) is 93.5 Å². The van der Waals surface area contributed by atoms with Crippen LogP contribution < -0.4 is 10.2 Å². The highest BCUT2D eigenvalue weighted by atomic mass is 35.5. The zero-order chi connectivity index (χ0) is 25.1. The zero-order valence-corrected chi connectivity index (χ0v) is 22.1. The average molecular weight is 509 g/mol. The van der Waals surface area contributed by atoms with Crippen molar-refractivity contribution < 1.29 is 14.1 Å². The van der Waals surface area contributed by atoms with Gasteiger partial charge in [-0.2, -0.15) is 0 Å². The normalized spacial score (nSPS) is 15.5. The standard InChI is InChI=1S/C28H30ClN2O3P/c1-18-8-5-6-9-22(18)27(32)30-21-12-13-23(19(2)16-21)28(33)31-15-7-10-26(34-35(3)4)24-17-20(29)11-14-25(24)31/h5-6,8-9,11-14,16-17,26H,7,10,15H2,1-4H3,(H,30,32). The topological polar surface area (TPSA) is 58.6 Å². The quantitative estimate of drug-likeness (QED) is 0.366. The van der Waals surface area contributed by atoms with E-state index < -0.39 is 8.15 Å². The van der Waals surface area contributed by atoms with E-state index in [0.717, 1.165) is 35.2 Å². The molecule has 3 aromatic rings. The van der Waals surface area contributed by atoms with Gasteiger partial charge in [0.1, 0.15) is 0 Å². The second-order valence-corrected chi connectivity index (χ2v) is 11.3. The van der Waals surface area contributed by atoms with E-state index in [1.54, 1.807) is 18.2 Å². The molecule has 4 rings (SSSR count). The smallest absolute Gasteiger partial charge is 0.258 e. The van der Waals surface area contributed by atoms with Gasteiger partial charge in [-0.05, 0) is 93.6 Å². The number of fused-ring (bicyclic) bond motifs is 1. The number of nitrogens with zero attached hydrogens (tertiary/aromatic N) is 1. The Morgan fingerprint density at radius 3 is 2.49 bits per heavy atom. The largest absolute Gasteiger partial charge is 0.352 e. The molecule has 0 aromatic heterocycles. The lowest BCUT2D eigenvalue weighted by atomic mass is 10.0. The predicted molar refractivity (Wildman–Crippen MR) is 145 cm³/mol. The maximum atomic E-state index is 13.7. The van der Waals surface area contributed by atoms with Gasteiger partial charge < -0.3 is 14.7 Å². The first-order chi connectivity index (χ1) is 16.7. The van der Waals surface area contributed by atoms with E-state index in [2.05, 4.69) is 18.6 Å². The van der Waals surface area contributed by atoms with Crippen LogP contribution in [0.2, 0.25) is 5.02 Å². The Hall–Kier alpha value is -2.72. The van der Waals surface area contributed by atoms with Gasteiger partial charge in [-0.3, -0.25) is 9.59 Å². The number of aryl methyl sites for hydroxylation is 2. The molecule has 3 aromatic carbocycles. The fourth-order valence-electron chi connectivity index (χ4n) is 4.47. The average Bonchev–Trinajstić information content (AvgIpc) is 2.98. The summed E-state index contributed by atoms with van der Waals surface area (Å²) in [6, 6.07) is 18.5. The summed E-state index contributed by atoms with van der Waals surface area (Å²) in [5.74, 6) is -0.239. The number of carbonyl (C=O) groups excluding carboxylic acids is 2. The van der Waals surface area contributed by atoms with Crippen molar-refractivity contribution in [3.8, 4) is 0 Å². The van der Waals surface area contributed by atoms with Crippen LogP contribution in [0.15, 0.2) is 60.7 Å². The van der Waals surface area contributed by atoms with Crippen molar-refractivity contribution in [2.24, 2.45) is 0 Å². The van der Waals surface area contributed by atoms with E-state index in [4.69, 9.17) is 16.1 Å². The van der Waals surface area contributed by atoms with Gasteiger partial charge in [0.05, 0.1) is 6.10 Å². The third-order valence-corrected chi connectivity index (χ3v) is 7.07. The molecule has 0 fully saturated rings. The molecule has 0 saturated carbocycles. The van der Waals surface area contributed by atoms with E-state index in [1.165, 1.54) is 0 Å². The fraction of sp³-hybridized carbons (Fsp3) is 0.286. The highest BCUT2D eigenvalue weighted by Crippen LogP contribution is 2.43. The molecule has 0 radical (unpaired) electrons. The van der Waals surface area contributed by atoms with Crippen molar-refractivity contribution in [3.63, 3.8) is 0 Å². The number of carbonyl (C=O) groups is 2. The van der Waals surface area contributed by atoms with Crippen LogP contribution in [0.4, 0.5) is 11.4 Å². The van der Waals surface area contributed by atoms with Crippen LogP contribution in [-0.4, -0.2) is 31.7 Å². The van der Waals surface area contributed by atoms with Gasteiger partial charge in [-0.1, -0.05) is 29.8 Å². The molecule has 7 heteroatoms. The van der Waals surface area contributed by atoms with Crippen LogP contribution >= 0.6 is 19.7 Å². The van der Waals surface area contributed by atoms with Gasteiger partial charge in [0.2, 0.25) is 0 Å². The van der Waals surface area contributed by atoms with E-state index in [0.29, 0.717) is 28.4 Å². The second kappa shape index (κ2) is 10.9. The van der Waals surface area contributed by atoms with Gasteiger partial charge in [0.25, 0.3) is 11.8 Å². The number of amides is 2. The zero-order valence-electron chi connectivity index (χ0n) is 20.5. The molecule has 0 saturated heterocycles. The lowest BCUT2D eigenvalue weighted by molar-refractivity contribution is 0.0985. The molecule has 35 heavy (non-hydrogen) atoms. The Bertz CT molecular complexity index is 1260. The van der Waals surface area contributed by atoms with Crippen molar-refractivity contribution >= 4 is 42.9 Å². The molecule has 1 N–H and O–H groups in total. The van der Waals surface area contributed by atoms with Crippen LogP contribution in [0.5, 0.6) is 0 Å². The highest BCUT2D eigenvalue weighted by Gasteiger charge is 2.29. The molecule has 182 valence electrons. The summed E-state index contributed by atoms with van der Waals surface area (Å²) >= 11 is 6.33. The van der Waals surface area contributed by atoms with Crippen molar-refractivity contribution in [2.75, 3.05) is 30.1 Å². The summed E-state index contributed by atoms with van der Waals surface area (Å²) in [4.78, 5) is 28.3. The molecule has 0 spiro atoms. The van der Waals surface area contributed by atoms with E-state index in [-0.39, 0.29) is 17.9 Å². The number of halogens is 1. The lowest BCUT2D eigenvalue weighted by Crippen LogP contribution is -2.32. The predicted octanol–water partition coefficient (Wildman–Crippen LogP) is 7.36. The Balaban J connectivity index is 1.60. The van der Waals surface area contributed by atoms with Crippen molar-refractivity contribution in [2.45, 2.75) is 32.8 Å². The van der Waals surface area contributed by atoms with E-state index in [9.17, 15) is 9.59 Å². The minimum Gasteiger partial charge on any atom is -0.352 e. The molecule has 1 aliphatic rings. The van der Waals surface area contributed by atoms with Gasteiger partial charge in [0.15, 0.2) is 0 Å². The molecule has 1 unspecified atom stereocenters. The van der Waals surface area contributed by atoms with Gasteiger partial charge in [-0.15, -0.1) is 0 Å². The van der Waals surface area contributed by atoms with Crippen LogP contribution in [0.3, 0.4) is 0 Å². The number of nitrogens with one attached hydrogen (secondary N) is 1. The van der Waals surface area contributed by atoms with Gasteiger partial charge >= 0.3 is 0 Å². The molecule has 1 atom stereocenters. The summed E-state index contributed by atoms with van der Waals surface area (Å²) in [6.07, 6.45) is 1.58. The van der Waals surface area contributed by atoms with Crippen molar-refractivity contribution in [1.29, 1.82) is 0 Å². The first-order valence-electron chi connectivity index (χ1n) is 11.7. The summed E-state index contributed by atoms with van der Waals surface area (Å²) in [7, 11) is -0.559. The Morgan fingerprint density at radius 2 is 1.77 bits per heavy atom. The van der Waals surface area contributed by atoms with Gasteiger partial charge in [0, 0.05) is 47.8 Å². The third-order valence-electron chi connectivity index (χ3n) is 6.16. The third kappa shape index (κ3) is 5.75. The fourth-order valence-corrected chi connectivity index (χ4v) is 5.38. The van der Waals surface area contributed by atoms with E-state index >= 15 is 0 Å². The summed E-state index contributed by atoms with van der Waals surface area (Å²) in [6.45, 7) is 8.56. The summed E-state index contributed by atoms with van der Waals surface area (Å²) in [5, 5.41) is 3.58. The first kappa shape index (κ1) is 25.4. The molecule has 1 aliphatic heterocycles. The molecule has 5 nitrogen and oxygen atoms in total. The molecule has 1 heterocycles. The van der Waals surface area contributed by atoms with Crippen molar-refractivity contribution in [1.82, 2.24) is 0 Å². The Labute approximate surface area is 213 Å². The van der Waals surface area contributed by atoms with Crippen LogP contribution in [0, 0.1) is 13.8 Å². The Morgan fingerprint density at radius 1 is 1.00 bits per heavy atom. The number of hydrogen-bond acceptors (Lipinski definition) is 3. The van der Waals surface area contributed by atoms with Crippen LogP contribution in [0.25, 0.3) is 0 Å². The maximum Gasteiger partial charge on any atom is 0.258 e. The number of hydrogen-bond donors (Lipinski definition) is 1. The number of rotatable bonds is 5.